The lowest BCUT2D eigenvalue weighted by molar-refractivity contribution is -0.705. The van der Waals surface area contributed by atoms with Gasteiger partial charge in [0, 0.05) is 23.3 Å². The van der Waals surface area contributed by atoms with E-state index in [1.54, 1.807) is 0 Å². The molecule has 0 saturated carbocycles. The minimum atomic E-state index is -0.440. The summed E-state index contributed by atoms with van der Waals surface area (Å²) in [4.78, 5) is 0. The number of aliphatic hydroxyl groups is 2. The molecule has 2 N–H and O–H groups in total. The van der Waals surface area contributed by atoms with Crippen LogP contribution in [0, 0.1) is 0 Å². The summed E-state index contributed by atoms with van der Waals surface area (Å²) < 4.78 is 2.05. The molecule has 0 unspecified atom stereocenters. The van der Waals surface area contributed by atoms with E-state index in [1.165, 1.54) is 0 Å². The standard InChI is InChI=1S/C26H24NO2/c28-18-24(19-29)27-25(21-12-6-2-7-13-21)16-23(20-10-4-1-5-11-20)17-26(27)22-14-8-3-9-15-22/h1-17,24,28-29H,18-19H2/q+1. The van der Waals surface area contributed by atoms with Gasteiger partial charge in [0.15, 0.2) is 0 Å². The molecule has 0 amide bonds. The van der Waals surface area contributed by atoms with Crippen LogP contribution in [0.5, 0.6) is 0 Å². The third kappa shape index (κ3) is 3.97. The molecule has 4 aromatic rings. The van der Waals surface area contributed by atoms with Crippen LogP contribution < -0.4 is 4.57 Å². The van der Waals surface area contributed by atoms with Crippen molar-refractivity contribution in [1.82, 2.24) is 0 Å². The summed E-state index contributed by atoms with van der Waals surface area (Å²) in [6, 6.07) is 34.3. The first kappa shape index (κ1) is 19.1. The van der Waals surface area contributed by atoms with Gasteiger partial charge in [-0.15, -0.1) is 0 Å². The topological polar surface area (TPSA) is 44.3 Å². The van der Waals surface area contributed by atoms with E-state index in [1.807, 2.05) is 54.6 Å². The maximum atomic E-state index is 10.0. The minimum absolute atomic E-state index is 0.147. The van der Waals surface area contributed by atoms with Gasteiger partial charge in [0.05, 0.1) is 0 Å². The number of aromatic nitrogens is 1. The number of rotatable bonds is 6. The lowest BCUT2D eigenvalue weighted by Gasteiger charge is -2.17. The monoisotopic (exact) mass is 382 g/mol. The quantitative estimate of drug-likeness (QED) is 0.482. The largest absolute Gasteiger partial charge is 0.389 e. The first-order chi connectivity index (χ1) is 14.3. The van der Waals surface area contributed by atoms with Crippen LogP contribution >= 0.6 is 0 Å². The molecule has 0 aliphatic heterocycles. The predicted molar refractivity (Wildman–Crippen MR) is 116 cm³/mol. The normalized spacial score (nSPS) is 11.0. The number of aliphatic hydroxyl groups excluding tert-OH is 2. The zero-order chi connectivity index (χ0) is 20.1. The molecule has 0 saturated heterocycles. The summed E-state index contributed by atoms with van der Waals surface area (Å²) >= 11 is 0. The first-order valence-electron chi connectivity index (χ1n) is 9.79. The molecule has 0 spiro atoms. The summed E-state index contributed by atoms with van der Waals surface area (Å²) in [5.74, 6) is 0. The summed E-state index contributed by atoms with van der Waals surface area (Å²) in [7, 11) is 0. The van der Waals surface area contributed by atoms with Crippen LogP contribution in [0.3, 0.4) is 0 Å². The second-order valence-corrected chi connectivity index (χ2v) is 7.00. The first-order valence-corrected chi connectivity index (χ1v) is 9.79. The SMILES string of the molecule is OCC(CO)[n+]1c(-c2ccccc2)cc(-c2ccccc2)cc1-c1ccccc1. The van der Waals surface area contributed by atoms with Crippen molar-refractivity contribution in [2.45, 2.75) is 6.04 Å². The van der Waals surface area contributed by atoms with Crippen molar-refractivity contribution in [3.63, 3.8) is 0 Å². The maximum absolute atomic E-state index is 10.0. The lowest BCUT2D eigenvalue weighted by Crippen LogP contribution is -2.47. The Morgan fingerprint density at radius 1 is 0.517 bits per heavy atom. The Bertz CT molecular complexity index is 999. The number of nitrogens with zero attached hydrogens (tertiary/aromatic N) is 1. The summed E-state index contributed by atoms with van der Waals surface area (Å²) in [6.07, 6.45) is 0. The molecule has 0 atom stereocenters. The number of hydrogen-bond donors (Lipinski definition) is 2. The molecule has 3 aromatic carbocycles. The Balaban J connectivity index is 2.06. The van der Waals surface area contributed by atoms with E-state index in [4.69, 9.17) is 0 Å². The van der Waals surface area contributed by atoms with Gasteiger partial charge in [-0.3, -0.25) is 0 Å². The molecule has 0 aliphatic rings. The highest BCUT2D eigenvalue weighted by atomic mass is 16.3. The van der Waals surface area contributed by atoms with Crippen LogP contribution in [0.1, 0.15) is 6.04 Å². The van der Waals surface area contributed by atoms with Gasteiger partial charge in [-0.25, -0.2) is 0 Å². The third-order valence-electron chi connectivity index (χ3n) is 5.14. The highest BCUT2D eigenvalue weighted by Gasteiger charge is 2.29. The Morgan fingerprint density at radius 3 is 1.28 bits per heavy atom. The molecule has 0 aliphatic carbocycles. The van der Waals surface area contributed by atoms with E-state index in [0.29, 0.717) is 0 Å². The Labute approximate surface area is 171 Å². The Kier molecular flexibility index (Phi) is 5.80. The maximum Gasteiger partial charge on any atom is 0.214 e. The summed E-state index contributed by atoms with van der Waals surface area (Å²) in [6.45, 7) is -0.295. The van der Waals surface area contributed by atoms with E-state index < -0.39 is 6.04 Å². The van der Waals surface area contributed by atoms with Gasteiger partial charge in [-0.2, -0.15) is 4.57 Å². The van der Waals surface area contributed by atoms with Crippen LogP contribution in [0.15, 0.2) is 103 Å². The van der Waals surface area contributed by atoms with Crippen LogP contribution in [-0.4, -0.2) is 23.4 Å². The van der Waals surface area contributed by atoms with Crippen LogP contribution in [0.4, 0.5) is 0 Å². The molecule has 1 heterocycles. The van der Waals surface area contributed by atoms with Crippen molar-refractivity contribution in [1.29, 1.82) is 0 Å². The highest BCUT2D eigenvalue weighted by molar-refractivity contribution is 5.73. The lowest BCUT2D eigenvalue weighted by atomic mass is 9.98. The van der Waals surface area contributed by atoms with Crippen LogP contribution in [0.25, 0.3) is 33.6 Å². The molecular formula is C26H24NO2+. The zero-order valence-corrected chi connectivity index (χ0v) is 16.1. The van der Waals surface area contributed by atoms with Gasteiger partial charge >= 0.3 is 0 Å². The van der Waals surface area contributed by atoms with Crippen LogP contribution in [-0.2, 0) is 0 Å². The van der Waals surface area contributed by atoms with Gasteiger partial charge in [0.2, 0.25) is 17.4 Å². The number of hydrogen-bond acceptors (Lipinski definition) is 2. The smallest absolute Gasteiger partial charge is 0.214 e. The third-order valence-corrected chi connectivity index (χ3v) is 5.14. The van der Waals surface area contributed by atoms with Gasteiger partial charge in [0.25, 0.3) is 0 Å². The molecule has 0 radical (unpaired) electrons. The highest BCUT2D eigenvalue weighted by Crippen LogP contribution is 2.30. The predicted octanol–water partition coefficient (Wildman–Crippen LogP) is 4.50. The van der Waals surface area contributed by atoms with E-state index >= 15 is 0 Å². The number of pyridine rings is 1. The molecule has 29 heavy (non-hydrogen) atoms. The van der Waals surface area contributed by atoms with E-state index in [2.05, 4.69) is 53.1 Å². The van der Waals surface area contributed by atoms with Crippen molar-refractivity contribution in [2.75, 3.05) is 13.2 Å². The Hall–Kier alpha value is -3.27. The molecular weight excluding hydrogens is 358 g/mol. The van der Waals surface area contributed by atoms with Crippen molar-refractivity contribution in [3.05, 3.63) is 103 Å². The zero-order valence-electron chi connectivity index (χ0n) is 16.1. The van der Waals surface area contributed by atoms with Gasteiger partial charge in [-0.05, 0) is 35.4 Å². The van der Waals surface area contributed by atoms with E-state index in [9.17, 15) is 10.2 Å². The van der Waals surface area contributed by atoms with Crippen molar-refractivity contribution in [2.24, 2.45) is 0 Å². The fourth-order valence-corrected chi connectivity index (χ4v) is 3.68. The van der Waals surface area contributed by atoms with Gasteiger partial charge in [0.1, 0.15) is 13.2 Å². The Morgan fingerprint density at radius 2 is 0.897 bits per heavy atom. The van der Waals surface area contributed by atoms with Crippen LogP contribution in [0.2, 0.25) is 0 Å². The average Bonchev–Trinajstić information content (AvgIpc) is 2.81. The molecule has 4 rings (SSSR count). The summed E-state index contributed by atoms with van der Waals surface area (Å²) in [5.41, 5.74) is 6.20. The van der Waals surface area contributed by atoms with E-state index in [0.717, 1.165) is 33.6 Å². The second kappa shape index (κ2) is 8.82. The van der Waals surface area contributed by atoms with Gasteiger partial charge in [-0.1, -0.05) is 66.7 Å². The molecule has 3 nitrogen and oxygen atoms in total. The minimum Gasteiger partial charge on any atom is -0.389 e. The summed E-state index contributed by atoms with van der Waals surface area (Å²) in [5, 5.41) is 20.1. The fraction of sp³-hybridized carbons (Fsp3) is 0.115. The molecule has 3 heteroatoms. The molecule has 0 bridgehead atoms. The fourth-order valence-electron chi connectivity index (χ4n) is 3.68. The average molecular weight is 382 g/mol. The second-order valence-electron chi connectivity index (χ2n) is 7.00. The van der Waals surface area contributed by atoms with Gasteiger partial charge < -0.3 is 10.2 Å². The van der Waals surface area contributed by atoms with E-state index in [-0.39, 0.29) is 13.2 Å². The number of benzene rings is 3. The van der Waals surface area contributed by atoms with Crippen molar-refractivity contribution < 1.29 is 14.8 Å². The molecule has 0 fully saturated rings. The van der Waals surface area contributed by atoms with Crippen molar-refractivity contribution >= 4 is 0 Å². The molecule has 1 aromatic heterocycles. The van der Waals surface area contributed by atoms with Crippen molar-refractivity contribution in [3.8, 4) is 33.6 Å². The molecule has 144 valence electrons.